The first-order valence-electron chi connectivity index (χ1n) is 8.83. The van der Waals surface area contributed by atoms with E-state index in [-0.39, 0.29) is 10.8 Å². The first-order valence-corrected chi connectivity index (χ1v) is 11.2. The fraction of sp³-hybridized carbons (Fsp3) is 0.100. The summed E-state index contributed by atoms with van der Waals surface area (Å²) < 4.78 is 29.1. The van der Waals surface area contributed by atoms with Crippen LogP contribution >= 0.6 is 11.3 Å². The van der Waals surface area contributed by atoms with Crippen LogP contribution in [0.1, 0.15) is 13.0 Å². The maximum absolute atomic E-state index is 12.7. The third-order valence-electron chi connectivity index (χ3n) is 4.51. The van der Waals surface area contributed by atoms with E-state index >= 15 is 0 Å². The minimum Gasteiger partial charge on any atom is -0.335 e. The van der Waals surface area contributed by atoms with E-state index in [1.807, 2.05) is 48.0 Å². The van der Waals surface area contributed by atoms with Gasteiger partial charge in [-0.3, -0.25) is 9.52 Å². The molecule has 2 heterocycles. The molecule has 2 aromatic heterocycles. The van der Waals surface area contributed by atoms with Crippen molar-refractivity contribution in [1.82, 2.24) is 9.55 Å². The van der Waals surface area contributed by atoms with Gasteiger partial charge < -0.3 is 9.88 Å². The highest BCUT2D eigenvalue weighted by Crippen LogP contribution is 2.22. The number of aromatic nitrogens is 2. The number of sulfonamides is 1. The van der Waals surface area contributed by atoms with Crippen LogP contribution in [0.3, 0.4) is 0 Å². The molecule has 1 atom stereocenters. The maximum Gasteiger partial charge on any atom is 0.263 e. The van der Waals surface area contributed by atoms with Crippen molar-refractivity contribution in [3.05, 3.63) is 72.4 Å². The highest BCUT2D eigenvalue weighted by molar-refractivity contribution is 7.93. The summed E-state index contributed by atoms with van der Waals surface area (Å²) in [6.45, 7) is 1.82. The zero-order chi connectivity index (χ0) is 20.4. The Morgan fingerprint density at radius 1 is 1.10 bits per heavy atom. The summed E-state index contributed by atoms with van der Waals surface area (Å²) in [4.78, 5) is 16.7. The molecule has 148 valence electrons. The number of para-hydroxylation sites is 1. The van der Waals surface area contributed by atoms with Gasteiger partial charge in [-0.05, 0) is 48.7 Å². The summed E-state index contributed by atoms with van der Waals surface area (Å²) in [6, 6.07) is 15.4. The molecule has 2 aromatic carbocycles. The van der Waals surface area contributed by atoms with Crippen molar-refractivity contribution in [1.29, 1.82) is 0 Å². The Morgan fingerprint density at radius 3 is 2.59 bits per heavy atom. The van der Waals surface area contributed by atoms with Crippen molar-refractivity contribution in [3.63, 3.8) is 0 Å². The summed E-state index contributed by atoms with van der Waals surface area (Å²) >= 11 is 1.20. The van der Waals surface area contributed by atoms with Crippen LogP contribution in [-0.4, -0.2) is 23.9 Å². The first kappa shape index (κ1) is 19.2. The van der Waals surface area contributed by atoms with Crippen LogP contribution in [0.5, 0.6) is 0 Å². The number of anilines is 2. The van der Waals surface area contributed by atoms with E-state index in [0.717, 1.165) is 10.9 Å². The summed E-state index contributed by atoms with van der Waals surface area (Å²) in [6.07, 6.45) is 3.41. The number of nitrogens with zero attached hydrogens (tertiary/aromatic N) is 2. The van der Waals surface area contributed by atoms with Crippen molar-refractivity contribution < 1.29 is 13.2 Å². The van der Waals surface area contributed by atoms with Gasteiger partial charge in [0.15, 0.2) is 5.13 Å². The van der Waals surface area contributed by atoms with E-state index in [0.29, 0.717) is 10.8 Å². The average Bonchev–Trinajstić information content (AvgIpc) is 3.37. The molecule has 0 saturated carbocycles. The summed E-state index contributed by atoms with van der Waals surface area (Å²) in [7, 11) is -3.72. The molecule has 1 amide bonds. The Bertz CT molecular complexity index is 1250. The van der Waals surface area contributed by atoms with Gasteiger partial charge in [-0.2, -0.15) is 0 Å². The summed E-state index contributed by atoms with van der Waals surface area (Å²) in [5.74, 6) is -0.192. The van der Waals surface area contributed by atoms with Crippen LogP contribution in [-0.2, 0) is 14.8 Å². The Balaban J connectivity index is 1.47. The van der Waals surface area contributed by atoms with E-state index in [1.165, 1.54) is 29.7 Å². The smallest absolute Gasteiger partial charge is 0.263 e. The minimum absolute atomic E-state index is 0.0927. The number of nitrogens with one attached hydrogen (secondary N) is 2. The predicted octanol–water partition coefficient (Wildman–Crippen LogP) is 4.10. The predicted molar refractivity (Wildman–Crippen MR) is 115 cm³/mol. The van der Waals surface area contributed by atoms with E-state index < -0.39 is 16.1 Å². The molecule has 0 aliphatic heterocycles. The Kier molecular flexibility index (Phi) is 5.08. The minimum atomic E-state index is -3.72. The lowest BCUT2D eigenvalue weighted by Gasteiger charge is -2.15. The van der Waals surface area contributed by atoms with Gasteiger partial charge >= 0.3 is 0 Å². The molecule has 1 unspecified atom stereocenters. The number of hydrogen-bond acceptors (Lipinski definition) is 5. The van der Waals surface area contributed by atoms with Gasteiger partial charge in [0.2, 0.25) is 5.91 Å². The number of amides is 1. The molecule has 0 bridgehead atoms. The average molecular weight is 427 g/mol. The number of rotatable bonds is 6. The van der Waals surface area contributed by atoms with Crippen LogP contribution in [0.2, 0.25) is 0 Å². The lowest BCUT2D eigenvalue weighted by molar-refractivity contribution is -0.118. The van der Waals surface area contributed by atoms with Crippen molar-refractivity contribution in [2.75, 3.05) is 10.0 Å². The molecule has 0 spiro atoms. The van der Waals surface area contributed by atoms with E-state index in [4.69, 9.17) is 0 Å². The second-order valence-electron chi connectivity index (χ2n) is 6.41. The molecule has 2 N–H and O–H groups in total. The standard InChI is InChI=1S/C20H18N4O3S2/c1-14(24-12-10-15-4-2-3-5-18(15)24)19(25)22-16-6-8-17(9-7-16)29(26,27)23-20-21-11-13-28-20/h2-14H,1H3,(H,21,23)(H,22,25). The Labute approximate surface area is 172 Å². The molecular formula is C20H18N4O3S2. The SMILES string of the molecule is CC(C(=O)Nc1ccc(S(=O)(=O)Nc2nccs2)cc1)n1ccc2ccccc21. The van der Waals surface area contributed by atoms with Gasteiger partial charge in [-0.25, -0.2) is 13.4 Å². The largest absolute Gasteiger partial charge is 0.335 e. The highest BCUT2D eigenvalue weighted by Gasteiger charge is 2.18. The third kappa shape index (κ3) is 4.01. The van der Waals surface area contributed by atoms with Crippen molar-refractivity contribution in [3.8, 4) is 0 Å². The number of carbonyl (C=O) groups is 1. The molecule has 0 aliphatic rings. The van der Waals surface area contributed by atoms with Gasteiger partial charge in [0.1, 0.15) is 6.04 Å². The molecule has 4 aromatic rings. The first-order chi connectivity index (χ1) is 13.9. The van der Waals surface area contributed by atoms with E-state index in [9.17, 15) is 13.2 Å². The molecule has 7 nitrogen and oxygen atoms in total. The molecule has 0 saturated heterocycles. The second-order valence-corrected chi connectivity index (χ2v) is 8.99. The van der Waals surface area contributed by atoms with Crippen LogP contribution in [0.4, 0.5) is 10.8 Å². The molecule has 9 heteroatoms. The quantitative estimate of drug-likeness (QED) is 0.485. The number of benzene rings is 2. The fourth-order valence-corrected chi connectivity index (χ4v) is 4.77. The fourth-order valence-electron chi connectivity index (χ4n) is 2.98. The number of carbonyl (C=O) groups excluding carboxylic acids is 1. The van der Waals surface area contributed by atoms with Gasteiger partial charge in [0, 0.05) is 29.0 Å². The van der Waals surface area contributed by atoms with Crippen LogP contribution in [0, 0.1) is 0 Å². The lowest BCUT2D eigenvalue weighted by atomic mass is 10.2. The third-order valence-corrected chi connectivity index (χ3v) is 6.69. The topological polar surface area (TPSA) is 93.1 Å². The maximum atomic E-state index is 12.7. The van der Waals surface area contributed by atoms with Gasteiger partial charge in [0.05, 0.1) is 4.90 Å². The zero-order valence-corrected chi connectivity index (χ0v) is 17.1. The van der Waals surface area contributed by atoms with Gasteiger partial charge in [0.25, 0.3) is 10.0 Å². The van der Waals surface area contributed by atoms with Crippen molar-refractivity contribution in [2.24, 2.45) is 0 Å². The summed E-state index contributed by atoms with van der Waals surface area (Å²) in [5, 5.41) is 5.89. The molecule has 29 heavy (non-hydrogen) atoms. The van der Waals surface area contributed by atoms with Crippen molar-refractivity contribution >= 4 is 49.0 Å². The van der Waals surface area contributed by atoms with Gasteiger partial charge in [-0.15, -0.1) is 11.3 Å². The second kappa shape index (κ2) is 7.69. The molecular weight excluding hydrogens is 408 g/mol. The Hall–Kier alpha value is -3.17. The van der Waals surface area contributed by atoms with E-state index in [1.54, 1.807) is 17.5 Å². The molecule has 0 aliphatic carbocycles. The summed E-state index contributed by atoms with van der Waals surface area (Å²) in [5.41, 5.74) is 1.50. The molecule has 0 fully saturated rings. The van der Waals surface area contributed by atoms with Crippen LogP contribution < -0.4 is 10.0 Å². The highest BCUT2D eigenvalue weighted by atomic mass is 32.2. The van der Waals surface area contributed by atoms with E-state index in [2.05, 4.69) is 15.0 Å². The van der Waals surface area contributed by atoms with Crippen LogP contribution in [0.25, 0.3) is 10.9 Å². The van der Waals surface area contributed by atoms with Crippen LogP contribution in [0.15, 0.2) is 77.3 Å². The Morgan fingerprint density at radius 2 is 1.86 bits per heavy atom. The monoisotopic (exact) mass is 426 g/mol. The van der Waals surface area contributed by atoms with Crippen molar-refractivity contribution in [2.45, 2.75) is 17.9 Å². The lowest BCUT2D eigenvalue weighted by Crippen LogP contribution is -2.23. The number of hydrogen-bond donors (Lipinski definition) is 2. The number of fused-ring (bicyclic) bond motifs is 1. The molecule has 4 rings (SSSR count). The molecule has 0 radical (unpaired) electrons. The number of thiazole rings is 1. The normalized spacial score (nSPS) is 12.6. The van der Waals surface area contributed by atoms with Gasteiger partial charge in [-0.1, -0.05) is 18.2 Å². The zero-order valence-electron chi connectivity index (χ0n) is 15.4.